The summed E-state index contributed by atoms with van der Waals surface area (Å²) in [6.07, 6.45) is 0.388. The van der Waals surface area contributed by atoms with E-state index in [1.807, 2.05) is 0 Å². The maximum atomic E-state index is 12.4. The lowest BCUT2D eigenvalue weighted by Crippen LogP contribution is -2.17. The fourth-order valence-corrected chi connectivity index (χ4v) is 4.10. The summed E-state index contributed by atoms with van der Waals surface area (Å²) in [6.45, 7) is 1.72. The zero-order valence-corrected chi connectivity index (χ0v) is 11.5. The third-order valence-corrected chi connectivity index (χ3v) is 4.98. The highest BCUT2D eigenvalue weighted by Crippen LogP contribution is 2.29. The van der Waals surface area contributed by atoms with Crippen LogP contribution in [-0.2, 0) is 16.9 Å². The highest BCUT2D eigenvalue weighted by atomic mass is 32.2. The van der Waals surface area contributed by atoms with E-state index in [1.54, 1.807) is 14.0 Å². The van der Waals surface area contributed by atoms with Gasteiger partial charge in [-0.05, 0) is 13.3 Å². The molecule has 0 amide bonds. The van der Waals surface area contributed by atoms with Crippen molar-refractivity contribution in [1.29, 1.82) is 0 Å². The second kappa shape index (κ2) is 4.38. The van der Waals surface area contributed by atoms with E-state index < -0.39 is 15.8 Å². The highest BCUT2D eigenvalue weighted by molar-refractivity contribution is 7.91. The molecule has 1 atom stereocenters. The van der Waals surface area contributed by atoms with Gasteiger partial charge in [0.05, 0.1) is 24.3 Å². The Morgan fingerprint density at radius 2 is 2.17 bits per heavy atom. The van der Waals surface area contributed by atoms with Crippen molar-refractivity contribution in [2.45, 2.75) is 13.3 Å². The van der Waals surface area contributed by atoms with E-state index in [4.69, 9.17) is 4.74 Å². The first-order chi connectivity index (χ1) is 8.35. The smallest absolute Gasteiger partial charge is 0.222 e. The molecule has 0 bridgehead atoms. The summed E-state index contributed by atoms with van der Waals surface area (Å²) in [5.74, 6) is -0.235. The Morgan fingerprint density at radius 3 is 2.67 bits per heavy atom. The molecule has 2 heterocycles. The molecule has 0 spiro atoms. The zero-order chi connectivity index (χ0) is 13.5. The van der Waals surface area contributed by atoms with E-state index in [0.717, 1.165) is 0 Å². The van der Waals surface area contributed by atoms with Gasteiger partial charge in [-0.15, -0.1) is 0 Å². The number of methoxy groups -OCH3 is 1. The molecule has 0 N–H and O–H groups in total. The molecule has 6 nitrogen and oxygen atoms in total. The average molecular weight is 272 g/mol. The summed E-state index contributed by atoms with van der Waals surface area (Å²) in [5.41, 5.74) is 0.978. The van der Waals surface area contributed by atoms with Gasteiger partial charge in [0, 0.05) is 13.0 Å². The third-order valence-electron chi connectivity index (χ3n) is 3.21. The number of nitrogens with zero attached hydrogens (tertiary/aromatic N) is 2. The monoisotopic (exact) mass is 272 g/mol. The number of ketones is 1. The summed E-state index contributed by atoms with van der Waals surface area (Å²) in [4.78, 5) is 12.4. The molecule has 1 aliphatic heterocycles. The lowest BCUT2D eigenvalue weighted by Gasteiger charge is -2.08. The molecule has 0 radical (unpaired) electrons. The lowest BCUT2D eigenvalue weighted by atomic mass is 9.97. The van der Waals surface area contributed by atoms with Crippen LogP contribution in [0.25, 0.3) is 0 Å². The molecule has 1 fully saturated rings. The number of sulfone groups is 1. The van der Waals surface area contributed by atoms with Gasteiger partial charge >= 0.3 is 0 Å². The van der Waals surface area contributed by atoms with E-state index in [-0.39, 0.29) is 17.3 Å². The molecule has 100 valence electrons. The van der Waals surface area contributed by atoms with Crippen LogP contribution in [0.5, 0.6) is 5.88 Å². The first kappa shape index (κ1) is 13.1. The van der Waals surface area contributed by atoms with E-state index in [2.05, 4.69) is 5.10 Å². The van der Waals surface area contributed by atoms with Crippen LogP contribution < -0.4 is 4.74 Å². The largest absolute Gasteiger partial charge is 0.481 e. The number of carbonyl (C=O) groups excluding carboxylic acids is 1. The van der Waals surface area contributed by atoms with Crippen molar-refractivity contribution in [1.82, 2.24) is 9.78 Å². The number of Topliss-reactive ketones (excluding diaryl/α,β-unsaturated/α-hetero) is 1. The van der Waals surface area contributed by atoms with Crippen molar-refractivity contribution >= 4 is 15.6 Å². The summed E-state index contributed by atoms with van der Waals surface area (Å²) in [7, 11) is 0.0964. The van der Waals surface area contributed by atoms with Crippen LogP contribution in [0.2, 0.25) is 0 Å². The normalized spacial score (nSPS) is 22.1. The SMILES string of the molecule is COc1c(C(=O)C2CCS(=O)(=O)C2)c(C)nn1C. The van der Waals surface area contributed by atoms with E-state index in [0.29, 0.717) is 23.6 Å². The Kier molecular flexibility index (Phi) is 3.18. The quantitative estimate of drug-likeness (QED) is 0.742. The van der Waals surface area contributed by atoms with Crippen molar-refractivity contribution in [3.05, 3.63) is 11.3 Å². The Hall–Kier alpha value is -1.37. The average Bonchev–Trinajstić information content (AvgIpc) is 2.77. The van der Waals surface area contributed by atoms with Crippen molar-refractivity contribution in [2.24, 2.45) is 13.0 Å². The van der Waals surface area contributed by atoms with E-state index >= 15 is 0 Å². The number of aromatic nitrogens is 2. The minimum atomic E-state index is -3.06. The van der Waals surface area contributed by atoms with E-state index in [1.165, 1.54) is 11.8 Å². The molecule has 2 rings (SSSR count). The Labute approximate surface area is 106 Å². The molecular formula is C11H16N2O4S. The van der Waals surface area contributed by atoms with Gasteiger partial charge in [0.1, 0.15) is 5.56 Å². The second-order valence-corrected chi connectivity index (χ2v) is 6.79. The standard InChI is InChI=1S/C11H16N2O4S/c1-7-9(11(17-3)13(2)12-7)10(14)8-4-5-18(15,16)6-8/h8H,4-6H2,1-3H3. The van der Waals surface area contributed by atoms with Gasteiger partial charge in [0.15, 0.2) is 15.6 Å². The van der Waals surface area contributed by atoms with Crippen LogP contribution in [0.3, 0.4) is 0 Å². The molecule has 1 aromatic heterocycles. The maximum absolute atomic E-state index is 12.4. The molecule has 0 aromatic carbocycles. The predicted octanol–water partition coefficient (Wildman–Crippen LogP) is 0.355. The maximum Gasteiger partial charge on any atom is 0.222 e. The molecule has 1 saturated heterocycles. The molecule has 0 aliphatic carbocycles. The Balaban J connectivity index is 2.35. The number of hydrogen-bond donors (Lipinski definition) is 0. The summed E-state index contributed by atoms with van der Waals surface area (Å²) < 4.78 is 29.5. The molecule has 0 saturated carbocycles. The van der Waals surface area contributed by atoms with Crippen molar-refractivity contribution < 1.29 is 17.9 Å². The van der Waals surface area contributed by atoms with Gasteiger partial charge < -0.3 is 4.74 Å². The topological polar surface area (TPSA) is 78.3 Å². The number of ether oxygens (including phenoxy) is 1. The van der Waals surface area contributed by atoms with Gasteiger partial charge in [-0.2, -0.15) is 5.10 Å². The number of carbonyl (C=O) groups is 1. The van der Waals surface area contributed by atoms with Crippen LogP contribution in [0.15, 0.2) is 0 Å². The van der Waals surface area contributed by atoms with Gasteiger partial charge in [-0.1, -0.05) is 0 Å². The van der Waals surface area contributed by atoms with Crippen LogP contribution in [-0.4, -0.2) is 42.6 Å². The van der Waals surface area contributed by atoms with Crippen molar-refractivity contribution in [3.8, 4) is 5.88 Å². The van der Waals surface area contributed by atoms with Gasteiger partial charge in [0.2, 0.25) is 5.88 Å². The Morgan fingerprint density at radius 1 is 1.50 bits per heavy atom. The first-order valence-corrected chi connectivity index (χ1v) is 7.50. The van der Waals surface area contributed by atoms with Crippen LogP contribution in [0.1, 0.15) is 22.5 Å². The van der Waals surface area contributed by atoms with Gasteiger partial charge in [-0.3, -0.25) is 4.79 Å². The number of hydrogen-bond acceptors (Lipinski definition) is 5. The van der Waals surface area contributed by atoms with E-state index in [9.17, 15) is 13.2 Å². The fraction of sp³-hybridized carbons (Fsp3) is 0.636. The van der Waals surface area contributed by atoms with Crippen LogP contribution in [0, 0.1) is 12.8 Å². The molecular weight excluding hydrogens is 256 g/mol. The van der Waals surface area contributed by atoms with Crippen LogP contribution >= 0.6 is 0 Å². The number of aryl methyl sites for hydroxylation is 2. The third kappa shape index (κ3) is 2.14. The minimum Gasteiger partial charge on any atom is -0.481 e. The van der Waals surface area contributed by atoms with Gasteiger partial charge in [-0.25, -0.2) is 13.1 Å². The minimum absolute atomic E-state index is 0.0661. The Bertz CT molecular complexity index is 588. The molecule has 1 aromatic rings. The van der Waals surface area contributed by atoms with Crippen LogP contribution in [0.4, 0.5) is 0 Å². The fourth-order valence-electron chi connectivity index (χ4n) is 2.36. The zero-order valence-electron chi connectivity index (χ0n) is 10.6. The number of rotatable bonds is 3. The van der Waals surface area contributed by atoms with Gasteiger partial charge in [0.25, 0.3) is 0 Å². The van der Waals surface area contributed by atoms with Crippen molar-refractivity contribution in [2.75, 3.05) is 18.6 Å². The highest BCUT2D eigenvalue weighted by Gasteiger charge is 2.36. The molecule has 1 unspecified atom stereocenters. The summed E-state index contributed by atoms with van der Waals surface area (Å²) >= 11 is 0. The first-order valence-electron chi connectivity index (χ1n) is 5.68. The summed E-state index contributed by atoms with van der Waals surface area (Å²) in [6, 6.07) is 0. The van der Waals surface area contributed by atoms with Crippen molar-refractivity contribution in [3.63, 3.8) is 0 Å². The lowest BCUT2D eigenvalue weighted by molar-refractivity contribution is 0.0929. The second-order valence-electron chi connectivity index (χ2n) is 4.56. The molecule has 18 heavy (non-hydrogen) atoms. The molecule has 7 heteroatoms. The summed E-state index contributed by atoms with van der Waals surface area (Å²) in [5, 5.41) is 4.13. The molecule has 1 aliphatic rings. The predicted molar refractivity (Wildman–Crippen MR) is 65.6 cm³/mol.